The van der Waals surface area contributed by atoms with Crippen LogP contribution in [0.5, 0.6) is 0 Å². The summed E-state index contributed by atoms with van der Waals surface area (Å²) in [6.45, 7) is 1.12. The van der Waals surface area contributed by atoms with E-state index in [4.69, 9.17) is 4.98 Å². The predicted molar refractivity (Wildman–Crippen MR) is 95.2 cm³/mol. The maximum atomic E-state index is 9.76. The molecular formula is C18H24N6O. The third-order valence-electron chi connectivity index (χ3n) is 6.13. The van der Waals surface area contributed by atoms with Gasteiger partial charge < -0.3 is 14.9 Å². The molecule has 2 aromatic rings. The van der Waals surface area contributed by atoms with E-state index in [-0.39, 0.29) is 12.0 Å². The molecule has 2 N–H and O–H groups in total. The van der Waals surface area contributed by atoms with Crippen LogP contribution >= 0.6 is 0 Å². The number of fused-ring (bicyclic) bond motifs is 2. The number of hydrogen-bond acceptors (Lipinski definition) is 6. The Kier molecular flexibility index (Phi) is 3.28. The number of aromatic amines is 1. The Bertz CT molecular complexity index is 787. The molecule has 3 heterocycles. The fraction of sp³-hybridized carbons (Fsp3) is 0.611. The molecule has 2 bridgehead atoms. The van der Waals surface area contributed by atoms with E-state index in [1.165, 1.54) is 18.5 Å². The molecule has 0 amide bonds. The number of nitrogens with one attached hydrogen (secondary N) is 1. The number of piperidine rings is 1. The highest BCUT2D eigenvalue weighted by molar-refractivity contribution is 5.57. The van der Waals surface area contributed by atoms with Gasteiger partial charge in [-0.25, -0.2) is 4.98 Å². The van der Waals surface area contributed by atoms with Gasteiger partial charge in [0.2, 0.25) is 5.95 Å². The van der Waals surface area contributed by atoms with Gasteiger partial charge in [0, 0.05) is 48.9 Å². The lowest BCUT2D eigenvalue weighted by Crippen LogP contribution is -2.38. The first-order valence-electron chi connectivity index (χ1n) is 9.17. The molecule has 2 aromatic heterocycles. The zero-order valence-electron chi connectivity index (χ0n) is 14.5. The lowest BCUT2D eigenvalue weighted by molar-refractivity contribution is 0.148. The molecule has 7 heteroatoms. The molecule has 2 atom stereocenters. The SMILES string of the molecule is CN(c1cc(C2CC2)[nH]n1)c1ccnc(N2CC3(CO)CCC2C3)n1. The molecule has 0 radical (unpaired) electrons. The van der Waals surface area contributed by atoms with Crippen LogP contribution in [0.2, 0.25) is 0 Å². The summed E-state index contributed by atoms with van der Waals surface area (Å²) in [6.07, 6.45) is 7.62. The van der Waals surface area contributed by atoms with Crippen molar-refractivity contribution in [1.82, 2.24) is 20.2 Å². The van der Waals surface area contributed by atoms with Gasteiger partial charge in [0.25, 0.3) is 0 Å². The number of anilines is 3. The number of hydrogen-bond donors (Lipinski definition) is 2. The van der Waals surface area contributed by atoms with E-state index in [1.807, 2.05) is 24.2 Å². The van der Waals surface area contributed by atoms with Crippen molar-refractivity contribution in [3.63, 3.8) is 0 Å². The summed E-state index contributed by atoms with van der Waals surface area (Å²) in [4.78, 5) is 13.6. The van der Waals surface area contributed by atoms with Crippen LogP contribution in [0.15, 0.2) is 18.3 Å². The number of aromatic nitrogens is 4. The highest BCUT2D eigenvalue weighted by Crippen LogP contribution is 2.48. The summed E-state index contributed by atoms with van der Waals surface area (Å²) in [6, 6.07) is 4.50. The Labute approximate surface area is 147 Å². The zero-order chi connectivity index (χ0) is 17.0. The summed E-state index contributed by atoms with van der Waals surface area (Å²) in [5.41, 5.74) is 1.27. The van der Waals surface area contributed by atoms with Crippen molar-refractivity contribution in [2.24, 2.45) is 5.41 Å². The molecule has 132 valence electrons. The maximum absolute atomic E-state index is 9.76. The second-order valence-electron chi connectivity index (χ2n) is 7.91. The number of aliphatic hydroxyl groups excluding tert-OH is 1. The van der Waals surface area contributed by atoms with Gasteiger partial charge in [0.05, 0.1) is 6.61 Å². The minimum Gasteiger partial charge on any atom is -0.396 e. The largest absolute Gasteiger partial charge is 0.396 e. The van der Waals surface area contributed by atoms with Crippen LogP contribution in [0.1, 0.15) is 43.7 Å². The quantitative estimate of drug-likeness (QED) is 0.868. The minimum atomic E-state index is 0.0529. The molecule has 7 nitrogen and oxygen atoms in total. The molecule has 2 unspecified atom stereocenters. The van der Waals surface area contributed by atoms with Crippen LogP contribution in [0.4, 0.5) is 17.6 Å². The van der Waals surface area contributed by atoms with Crippen molar-refractivity contribution in [2.45, 2.75) is 44.1 Å². The molecule has 1 saturated heterocycles. The van der Waals surface area contributed by atoms with Gasteiger partial charge in [0.15, 0.2) is 5.82 Å². The van der Waals surface area contributed by atoms with Gasteiger partial charge in [-0.3, -0.25) is 5.10 Å². The Morgan fingerprint density at radius 2 is 2.24 bits per heavy atom. The van der Waals surface area contributed by atoms with Crippen molar-refractivity contribution >= 4 is 17.6 Å². The van der Waals surface area contributed by atoms with E-state index in [1.54, 1.807) is 0 Å². The first-order valence-corrected chi connectivity index (χ1v) is 9.17. The molecule has 0 spiro atoms. The maximum Gasteiger partial charge on any atom is 0.227 e. The number of aliphatic hydroxyl groups is 1. The third kappa shape index (κ3) is 2.49. The molecule has 2 saturated carbocycles. The Morgan fingerprint density at radius 3 is 3.00 bits per heavy atom. The number of nitrogens with zero attached hydrogens (tertiary/aromatic N) is 5. The van der Waals surface area contributed by atoms with Gasteiger partial charge >= 0.3 is 0 Å². The van der Waals surface area contributed by atoms with Gasteiger partial charge in [-0.15, -0.1) is 0 Å². The lowest BCUT2D eigenvalue weighted by atomic mass is 9.89. The zero-order valence-corrected chi connectivity index (χ0v) is 14.5. The van der Waals surface area contributed by atoms with E-state index >= 15 is 0 Å². The molecule has 2 aliphatic carbocycles. The van der Waals surface area contributed by atoms with Gasteiger partial charge in [0.1, 0.15) is 5.82 Å². The van der Waals surface area contributed by atoms with Crippen LogP contribution in [0.25, 0.3) is 0 Å². The minimum absolute atomic E-state index is 0.0529. The Balaban J connectivity index is 1.39. The molecular weight excluding hydrogens is 316 g/mol. The van der Waals surface area contributed by atoms with E-state index in [2.05, 4.69) is 26.1 Å². The van der Waals surface area contributed by atoms with Crippen LogP contribution in [-0.4, -0.2) is 51.5 Å². The Hall–Kier alpha value is -2.15. The Morgan fingerprint density at radius 1 is 1.36 bits per heavy atom. The monoisotopic (exact) mass is 340 g/mol. The van der Waals surface area contributed by atoms with Crippen molar-refractivity contribution in [3.05, 3.63) is 24.0 Å². The molecule has 5 rings (SSSR count). The first kappa shape index (κ1) is 15.1. The van der Waals surface area contributed by atoms with Crippen LogP contribution in [0.3, 0.4) is 0 Å². The molecule has 3 aliphatic rings. The molecule has 25 heavy (non-hydrogen) atoms. The topological polar surface area (TPSA) is 81.2 Å². The van der Waals surface area contributed by atoms with Crippen molar-refractivity contribution in [1.29, 1.82) is 0 Å². The van der Waals surface area contributed by atoms with E-state index < -0.39 is 0 Å². The normalized spacial score (nSPS) is 27.9. The third-order valence-corrected chi connectivity index (χ3v) is 6.13. The average Bonchev–Trinajstić information content (AvgIpc) is 3.11. The van der Waals surface area contributed by atoms with Crippen LogP contribution < -0.4 is 9.80 Å². The lowest BCUT2D eigenvalue weighted by Gasteiger charge is -2.31. The van der Waals surface area contributed by atoms with Crippen molar-refractivity contribution < 1.29 is 5.11 Å². The van der Waals surface area contributed by atoms with Gasteiger partial charge in [-0.2, -0.15) is 10.1 Å². The summed E-state index contributed by atoms with van der Waals surface area (Å²) < 4.78 is 0. The molecule has 3 fully saturated rings. The van der Waals surface area contributed by atoms with E-state index in [0.717, 1.165) is 43.4 Å². The smallest absolute Gasteiger partial charge is 0.227 e. The molecule has 1 aliphatic heterocycles. The second-order valence-corrected chi connectivity index (χ2v) is 7.91. The summed E-state index contributed by atoms with van der Waals surface area (Å²) in [5.74, 6) is 3.16. The van der Waals surface area contributed by atoms with Crippen LogP contribution in [0, 0.1) is 5.41 Å². The van der Waals surface area contributed by atoms with Crippen LogP contribution in [-0.2, 0) is 0 Å². The van der Waals surface area contributed by atoms with E-state index in [0.29, 0.717) is 12.0 Å². The van der Waals surface area contributed by atoms with Crippen molar-refractivity contribution in [2.75, 3.05) is 30.0 Å². The standard InChI is InChI=1S/C18H24N6O/c1-23(16-8-14(21-22-16)12-2-3-12)15-5-7-19-17(20-15)24-10-18(11-25)6-4-13(24)9-18/h5,7-8,12-13,25H,2-4,6,9-11H2,1H3,(H,21,22). The highest BCUT2D eigenvalue weighted by atomic mass is 16.3. The average molecular weight is 340 g/mol. The number of H-pyrrole nitrogens is 1. The fourth-order valence-corrected chi connectivity index (χ4v) is 4.39. The first-order chi connectivity index (χ1) is 12.2. The van der Waals surface area contributed by atoms with Gasteiger partial charge in [-0.05, 0) is 38.2 Å². The van der Waals surface area contributed by atoms with Crippen molar-refractivity contribution in [3.8, 4) is 0 Å². The second kappa shape index (κ2) is 5.42. The summed E-state index contributed by atoms with van der Waals surface area (Å²) in [5, 5.41) is 17.4. The summed E-state index contributed by atoms with van der Waals surface area (Å²) in [7, 11) is 1.99. The predicted octanol–water partition coefficient (Wildman–Crippen LogP) is 2.20. The van der Waals surface area contributed by atoms with Gasteiger partial charge in [-0.1, -0.05) is 0 Å². The van der Waals surface area contributed by atoms with E-state index in [9.17, 15) is 5.11 Å². The summed E-state index contributed by atoms with van der Waals surface area (Å²) >= 11 is 0. The highest BCUT2D eigenvalue weighted by Gasteiger charge is 2.49. The fourth-order valence-electron chi connectivity index (χ4n) is 4.39. The number of rotatable bonds is 5. The molecule has 0 aromatic carbocycles.